The van der Waals surface area contributed by atoms with E-state index in [1.165, 1.54) is 0 Å². The average Bonchev–Trinajstić information content (AvgIpc) is 2.60. The van der Waals surface area contributed by atoms with Crippen molar-refractivity contribution in [3.05, 3.63) is 18.2 Å². The maximum Gasteiger partial charge on any atom is 0.145 e. The highest BCUT2D eigenvalue weighted by atomic mass is 16.5. The summed E-state index contributed by atoms with van der Waals surface area (Å²) in [7, 11) is 0. The third-order valence-electron chi connectivity index (χ3n) is 5.23. The van der Waals surface area contributed by atoms with E-state index in [1.54, 1.807) is 0 Å². The Balaban J connectivity index is 1.79. The highest BCUT2D eigenvalue weighted by molar-refractivity contribution is 5.76. The first-order valence-corrected chi connectivity index (χ1v) is 8.80. The fourth-order valence-electron chi connectivity index (χ4n) is 3.55. The summed E-state index contributed by atoms with van der Waals surface area (Å²) in [5.74, 6) is 0.932. The fraction of sp³-hybridized carbons (Fsp3) is 0.667. The highest BCUT2D eigenvalue weighted by Gasteiger charge is 2.37. The zero-order valence-corrected chi connectivity index (χ0v) is 14.4. The van der Waals surface area contributed by atoms with E-state index < -0.39 is 0 Å². The van der Waals surface area contributed by atoms with E-state index in [0.29, 0.717) is 0 Å². The van der Waals surface area contributed by atoms with Crippen molar-refractivity contribution in [2.75, 3.05) is 56.6 Å². The number of nitrogens with two attached hydrogens (primary N) is 1. The molecule has 0 amide bonds. The molecule has 0 unspecified atom stereocenters. The Bertz CT molecular complexity index is 525. The van der Waals surface area contributed by atoms with E-state index in [9.17, 15) is 0 Å². The van der Waals surface area contributed by atoms with Crippen molar-refractivity contribution in [3.63, 3.8) is 0 Å². The molecule has 0 spiro atoms. The van der Waals surface area contributed by atoms with Crippen molar-refractivity contribution in [3.8, 4) is 5.75 Å². The number of fused-ring (bicyclic) bond motifs is 1. The van der Waals surface area contributed by atoms with Gasteiger partial charge in [0.2, 0.25) is 0 Å². The summed E-state index contributed by atoms with van der Waals surface area (Å²) < 4.78 is 11.8. The molecule has 5 heteroatoms. The van der Waals surface area contributed by atoms with Crippen LogP contribution >= 0.6 is 0 Å². The van der Waals surface area contributed by atoms with Crippen LogP contribution in [0, 0.1) is 0 Å². The zero-order chi connectivity index (χ0) is 16.3. The minimum Gasteiger partial charge on any atom is -0.483 e. The maximum absolute atomic E-state index is 6.37. The van der Waals surface area contributed by atoms with Crippen LogP contribution in [0.5, 0.6) is 5.75 Å². The summed E-state index contributed by atoms with van der Waals surface area (Å²) in [6.07, 6.45) is 2.01. The Labute approximate surface area is 139 Å². The van der Waals surface area contributed by atoms with E-state index in [2.05, 4.69) is 23.6 Å². The number of anilines is 2. The van der Waals surface area contributed by atoms with Crippen LogP contribution in [0.25, 0.3) is 0 Å². The minimum absolute atomic E-state index is 0.105. The summed E-state index contributed by atoms with van der Waals surface area (Å²) in [5, 5.41) is 0. The number of ether oxygens (including phenoxy) is 2. The largest absolute Gasteiger partial charge is 0.483 e. The topological polar surface area (TPSA) is 51.0 Å². The molecular weight excluding hydrogens is 290 g/mol. The molecule has 3 rings (SSSR count). The van der Waals surface area contributed by atoms with Crippen LogP contribution in [0.2, 0.25) is 0 Å². The standard InChI is InChI=1S/C18H29N3O2/c1-3-18(4-2)14-21(9-8-20-10-12-22-13-11-20)17-15(19)6-5-7-16(17)23-18/h5-7H,3-4,8-14,19H2,1-2H3. The predicted octanol–water partition coefficient (Wildman–Crippen LogP) is 2.36. The number of morpholine rings is 1. The lowest BCUT2D eigenvalue weighted by Crippen LogP contribution is -2.52. The molecule has 0 atom stereocenters. The first-order chi connectivity index (χ1) is 11.2. The Morgan fingerprint density at radius 1 is 1.13 bits per heavy atom. The number of nitrogens with zero attached hydrogens (tertiary/aromatic N) is 2. The van der Waals surface area contributed by atoms with Crippen molar-refractivity contribution in [1.82, 2.24) is 4.90 Å². The molecular formula is C18H29N3O2. The van der Waals surface area contributed by atoms with Gasteiger partial charge in [0.05, 0.1) is 25.4 Å². The van der Waals surface area contributed by atoms with Crippen molar-refractivity contribution in [2.45, 2.75) is 32.3 Å². The first-order valence-electron chi connectivity index (χ1n) is 8.80. The Morgan fingerprint density at radius 2 is 1.87 bits per heavy atom. The second-order valence-electron chi connectivity index (χ2n) is 6.56. The molecule has 0 bridgehead atoms. The number of hydrogen-bond acceptors (Lipinski definition) is 5. The van der Waals surface area contributed by atoms with Crippen molar-refractivity contribution in [1.29, 1.82) is 0 Å². The number of para-hydroxylation sites is 1. The fourth-order valence-corrected chi connectivity index (χ4v) is 3.55. The first kappa shape index (κ1) is 16.4. The van der Waals surface area contributed by atoms with Gasteiger partial charge in [-0.25, -0.2) is 0 Å². The smallest absolute Gasteiger partial charge is 0.145 e. The molecule has 2 N–H and O–H groups in total. The summed E-state index contributed by atoms with van der Waals surface area (Å²) >= 11 is 0. The molecule has 2 aliphatic rings. The van der Waals surface area contributed by atoms with Gasteiger partial charge in [0.1, 0.15) is 17.0 Å². The average molecular weight is 319 g/mol. The van der Waals surface area contributed by atoms with Gasteiger partial charge in [0.15, 0.2) is 0 Å². The van der Waals surface area contributed by atoms with E-state index in [-0.39, 0.29) is 5.60 Å². The predicted molar refractivity (Wildman–Crippen MR) is 94.3 cm³/mol. The van der Waals surface area contributed by atoms with Crippen molar-refractivity contribution < 1.29 is 9.47 Å². The lowest BCUT2D eigenvalue weighted by molar-refractivity contribution is 0.0358. The van der Waals surface area contributed by atoms with Gasteiger partial charge in [0.25, 0.3) is 0 Å². The number of nitrogen functional groups attached to an aromatic ring is 1. The van der Waals surface area contributed by atoms with Crippen molar-refractivity contribution in [2.24, 2.45) is 0 Å². The Hall–Kier alpha value is -1.46. The molecule has 1 aromatic carbocycles. The van der Waals surface area contributed by atoms with Gasteiger partial charge in [-0.3, -0.25) is 4.90 Å². The summed E-state index contributed by atoms with van der Waals surface area (Å²) in [6.45, 7) is 11.1. The van der Waals surface area contributed by atoms with Gasteiger partial charge in [0, 0.05) is 26.2 Å². The number of rotatable bonds is 5. The van der Waals surface area contributed by atoms with Gasteiger partial charge >= 0.3 is 0 Å². The van der Waals surface area contributed by atoms with Crippen LogP contribution in [0.1, 0.15) is 26.7 Å². The molecule has 2 heterocycles. The molecule has 0 aromatic heterocycles. The maximum atomic E-state index is 6.37. The SMILES string of the molecule is CCC1(CC)CN(CCN2CCOCC2)c2c(N)cccc2O1. The number of hydrogen-bond donors (Lipinski definition) is 1. The van der Waals surface area contributed by atoms with Crippen LogP contribution < -0.4 is 15.4 Å². The molecule has 128 valence electrons. The van der Waals surface area contributed by atoms with Crippen LogP contribution in [0.15, 0.2) is 18.2 Å². The van der Waals surface area contributed by atoms with E-state index >= 15 is 0 Å². The molecule has 5 nitrogen and oxygen atoms in total. The quantitative estimate of drug-likeness (QED) is 0.844. The molecule has 23 heavy (non-hydrogen) atoms. The molecule has 1 aromatic rings. The summed E-state index contributed by atoms with van der Waals surface area (Å²) in [4.78, 5) is 4.90. The Morgan fingerprint density at radius 3 is 2.57 bits per heavy atom. The lowest BCUT2D eigenvalue weighted by Gasteiger charge is -2.45. The molecule has 0 saturated carbocycles. The van der Waals surface area contributed by atoms with Gasteiger partial charge < -0.3 is 20.1 Å². The number of benzene rings is 1. The molecule has 0 aliphatic carbocycles. The highest BCUT2D eigenvalue weighted by Crippen LogP contribution is 2.42. The van der Waals surface area contributed by atoms with E-state index in [4.69, 9.17) is 15.2 Å². The molecule has 1 fully saturated rings. The van der Waals surface area contributed by atoms with E-state index in [0.717, 1.165) is 75.9 Å². The lowest BCUT2D eigenvalue weighted by atomic mass is 9.93. The molecule has 0 radical (unpaired) electrons. The third kappa shape index (κ3) is 3.40. The second-order valence-corrected chi connectivity index (χ2v) is 6.56. The Kier molecular flexibility index (Phi) is 4.97. The second kappa shape index (κ2) is 6.97. The van der Waals surface area contributed by atoms with Crippen LogP contribution in [-0.4, -0.2) is 56.4 Å². The van der Waals surface area contributed by atoms with E-state index in [1.807, 2.05) is 18.2 Å². The van der Waals surface area contributed by atoms with Gasteiger partial charge in [-0.05, 0) is 25.0 Å². The van der Waals surface area contributed by atoms with Gasteiger partial charge in [-0.15, -0.1) is 0 Å². The molecule has 1 saturated heterocycles. The van der Waals surface area contributed by atoms with Crippen LogP contribution in [0.4, 0.5) is 11.4 Å². The zero-order valence-electron chi connectivity index (χ0n) is 14.4. The molecule has 2 aliphatic heterocycles. The monoisotopic (exact) mass is 319 g/mol. The minimum atomic E-state index is -0.105. The van der Waals surface area contributed by atoms with Crippen LogP contribution in [0.3, 0.4) is 0 Å². The van der Waals surface area contributed by atoms with Gasteiger partial charge in [-0.1, -0.05) is 19.9 Å². The van der Waals surface area contributed by atoms with Crippen LogP contribution in [-0.2, 0) is 4.74 Å². The van der Waals surface area contributed by atoms with Gasteiger partial charge in [-0.2, -0.15) is 0 Å². The van der Waals surface area contributed by atoms with Crippen molar-refractivity contribution >= 4 is 11.4 Å². The summed E-state index contributed by atoms with van der Waals surface area (Å²) in [6, 6.07) is 6.00. The normalized spacial score (nSPS) is 20.9. The third-order valence-corrected chi connectivity index (χ3v) is 5.23. The summed E-state index contributed by atoms with van der Waals surface area (Å²) in [5.41, 5.74) is 8.03.